The van der Waals surface area contributed by atoms with E-state index in [1.165, 1.54) is 11.6 Å². The van der Waals surface area contributed by atoms with Crippen LogP contribution in [0.2, 0.25) is 0 Å². The van der Waals surface area contributed by atoms with E-state index >= 15 is 0 Å². The molecule has 2 aliphatic heterocycles. The van der Waals surface area contributed by atoms with Crippen LogP contribution in [0.3, 0.4) is 0 Å². The lowest BCUT2D eigenvalue weighted by molar-refractivity contribution is -0.148. The molecule has 0 radical (unpaired) electrons. The second-order valence-electron chi connectivity index (χ2n) is 16.0. The van der Waals surface area contributed by atoms with E-state index in [9.17, 15) is 20.1 Å². The molecule has 52 heavy (non-hydrogen) atoms. The molecule has 1 saturated heterocycles. The Labute approximate surface area is 315 Å². The summed E-state index contributed by atoms with van der Waals surface area (Å²) in [4.78, 5) is 13.1. The zero-order valence-electron chi connectivity index (χ0n) is 34.0. The summed E-state index contributed by atoms with van der Waals surface area (Å²) in [5.74, 6) is -0.834. The number of allylic oxidation sites excluding steroid dienone is 3. The third kappa shape index (κ3) is 16.3. The molecule has 300 valence electrons. The van der Waals surface area contributed by atoms with Crippen molar-refractivity contribution >= 4 is 5.97 Å². The van der Waals surface area contributed by atoms with Crippen molar-refractivity contribution in [2.75, 3.05) is 21.3 Å². The van der Waals surface area contributed by atoms with Crippen molar-refractivity contribution in [3.05, 3.63) is 48.1 Å². The molecule has 0 unspecified atom stereocenters. The molecule has 0 saturated carbocycles. The first-order valence-corrected chi connectivity index (χ1v) is 19.9. The Kier molecular flexibility index (Phi) is 21.8. The number of hydrogen-bond acceptors (Lipinski definition) is 9. The van der Waals surface area contributed by atoms with Gasteiger partial charge in [0.25, 0.3) is 0 Å². The largest absolute Gasteiger partial charge is 0.458 e. The van der Waals surface area contributed by atoms with Crippen LogP contribution >= 0.6 is 0 Å². The number of carbonyl (C=O) groups is 1. The molecule has 0 aromatic heterocycles. The van der Waals surface area contributed by atoms with Gasteiger partial charge in [-0.05, 0) is 95.0 Å². The van der Waals surface area contributed by atoms with E-state index in [0.29, 0.717) is 18.8 Å². The van der Waals surface area contributed by atoms with E-state index in [0.717, 1.165) is 51.4 Å². The zero-order chi connectivity index (χ0) is 38.8. The molecule has 9 heteroatoms. The Morgan fingerprint density at radius 2 is 1.63 bits per heavy atom. The summed E-state index contributed by atoms with van der Waals surface area (Å²) in [6, 6.07) is 0. The number of esters is 1. The Morgan fingerprint density at radius 1 is 0.904 bits per heavy atom. The van der Waals surface area contributed by atoms with Crippen molar-refractivity contribution in [1.82, 2.24) is 0 Å². The van der Waals surface area contributed by atoms with Crippen LogP contribution < -0.4 is 0 Å². The highest BCUT2D eigenvalue weighted by Crippen LogP contribution is 2.30. The fraction of sp³-hybridized carbons (Fsp3) is 0.791. The average molecular weight is 735 g/mol. The molecule has 0 aliphatic carbocycles. The van der Waals surface area contributed by atoms with Crippen molar-refractivity contribution in [1.29, 1.82) is 0 Å². The van der Waals surface area contributed by atoms with Crippen molar-refractivity contribution in [2.45, 2.75) is 168 Å². The van der Waals surface area contributed by atoms with Crippen LogP contribution in [0.25, 0.3) is 0 Å². The minimum absolute atomic E-state index is 0.0114. The molecule has 0 spiro atoms. The standard InChI is InChI=1S/C43H74O9/c1-28-19-20-29(2)39(50-10)24-22-31(4)42(46)33(6)38(44)16-12-11-13-18-41(45)52-40(17-14-15-35(25-28)48-8)34(7)43(47)30(3)21-23-36-27-37(49-9)26-32(5)51-36/h11-15,18,20,28,30-40,42-44,46-47H,16-17,19,21-27H2,1-10H3/b12-11+,15-14+,18-13+,29-20+/t28-,30+,31-,32+,33-,34-,35+,36+,37-,38-,39+,40+,42-,43+/m1/s1. The average Bonchev–Trinajstić information content (AvgIpc) is 3.13. The fourth-order valence-corrected chi connectivity index (χ4v) is 7.63. The molecule has 0 amide bonds. The lowest BCUT2D eigenvalue weighted by Crippen LogP contribution is -2.38. The second-order valence-corrected chi connectivity index (χ2v) is 16.0. The summed E-state index contributed by atoms with van der Waals surface area (Å²) in [5, 5.41) is 33.4. The van der Waals surface area contributed by atoms with Gasteiger partial charge in [-0.1, -0.05) is 71.1 Å². The number of aliphatic hydroxyl groups excluding tert-OH is 3. The van der Waals surface area contributed by atoms with Crippen molar-refractivity contribution in [2.24, 2.45) is 29.6 Å². The van der Waals surface area contributed by atoms with E-state index < -0.39 is 30.4 Å². The first kappa shape index (κ1) is 46.3. The SMILES string of the molecule is CO[C@H]1C[C@H](CC[C@H](C)[C@H](O)[C@H](C)[C@@H]2C/C=C/[C@H](OC)C[C@H](C)C/C=C(\C)[C@@H](OC)CC[C@@H](C)[C@@H](O)[C@H](C)[C@H](O)C/C=C/C=C/C(=O)O2)O[C@@H](C)C1. The number of ether oxygens (including phenoxy) is 5. The normalized spacial score (nSPS) is 38.8. The fourth-order valence-electron chi connectivity index (χ4n) is 7.63. The summed E-state index contributed by atoms with van der Waals surface area (Å²) in [5.41, 5.74) is 1.17. The number of aliphatic hydroxyl groups is 3. The van der Waals surface area contributed by atoms with E-state index in [1.54, 1.807) is 39.6 Å². The topological polar surface area (TPSA) is 124 Å². The smallest absolute Gasteiger partial charge is 0.331 e. The quantitative estimate of drug-likeness (QED) is 0.163. The molecule has 0 bridgehead atoms. The molecule has 2 rings (SSSR count). The first-order valence-electron chi connectivity index (χ1n) is 19.9. The lowest BCUT2D eigenvalue weighted by Gasteiger charge is -2.35. The van der Waals surface area contributed by atoms with Gasteiger partial charge in [-0.15, -0.1) is 0 Å². The van der Waals surface area contributed by atoms with Crippen molar-refractivity contribution < 1.29 is 43.8 Å². The molecular formula is C43H74O9. The predicted octanol–water partition coefficient (Wildman–Crippen LogP) is 7.52. The van der Waals surface area contributed by atoms with E-state index in [2.05, 4.69) is 26.8 Å². The predicted molar refractivity (Wildman–Crippen MR) is 208 cm³/mol. The minimum Gasteiger partial charge on any atom is -0.458 e. The lowest BCUT2D eigenvalue weighted by atomic mass is 9.84. The Hall–Kier alpha value is -1.85. The third-order valence-corrected chi connectivity index (χ3v) is 11.6. The Balaban J connectivity index is 2.24. The molecule has 2 heterocycles. The maximum atomic E-state index is 13.1. The van der Waals surface area contributed by atoms with Crippen molar-refractivity contribution in [3.8, 4) is 0 Å². The number of hydrogen-bond donors (Lipinski definition) is 3. The van der Waals surface area contributed by atoms with Crippen LogP contribution in [0, 0.1) is 29.6 Å². The van der Waals surface area contributed by atoms with E-state index in [-0.39, 0.29) is 54.2 Å². The van der Waals surface area contributed by atoms with Gasteiger partial charge in [-0.2, -0.15) is 0 Å². The van der Waals surface area contributed by atoms with Crippen LogP contribution in [0.5, 0.6) is 0 Å². The van der Waals surface area contributed by atoms with Gasteiger partial charge in [-0.3, -0.25) is 0 Å². The maximum absolute atomic E-state index is 13.1. The van der Waals surface area contributed by atoms with Crippen LogP contribution in [0.4, 0.5) is 0 Å². The number of rotatable bonds is 9. The summed E-state index contributed by atoms with van der Waals surface area (Å²) < 4.78 is 29.4. The highest BCUT2D eigenvalue weighted by atomic mass is 16.5. The highest BCUT2D eigenvalue weighted by molar-refractivity contribution is 5.82. The molecule has 0 aromatic rings. The monoisotopic (exact) mass is 735 g/mol. The zero-order valence-corrected chi connectivity index (χ0v) is 34.0. The molecule has 0 aromatic carbocycles. The summed E-state index contributed by atoms with van der Waals surface area (Å²) in [7, 11) is 5.19. The van der Waals surface area contributed by atoms with Crippen molar-refractivity contribution in [3.63, 3.8) is 0 Å². The Bertz CT molecular complexity index is 1120. The maximum Gasteiger partial charge on any atom is 0.331 e. The summed E-state index contributed by atoms with van der Waals surface area (Å²) >= 11 is 0. The molecule has 14 atom stereocenters. The highest BCUT2D eigenvalue weighted by Gasteiger charge is 2.32. The first-order chi connectivity index (χ1) is 24.7. The molecular weight excluding hydrogens is 660 g/mol. The van der Waals surface area contributed by atoms with Gasteiger partial charge in [0.2, 0.25) is 0 Å². The summed E-state index contributed by atoms with van der Waals surface area (Å²) in [6.07, 6.45) is 17.8. The molecule has 9 nitrogen and oxygen atoms in total. The van der Waals surface area contributed by atoms with Gasteiger partial charge in [0.15, 0.2) is 0 Å². The van der Waals surface area contributed by atoms with Gasteiger partial charge in [0.05, 0.1) is 48.8 Å². The van der Waals surface area contributed by atoms with Gasteiger partial charge in [-0.25, -0.2) is 4.79 Å². The number of cyclic esters (lactones) is 1. The molecule has 3 N–H and O–H groups in total. The third-order valence-electron chi connectivity index (χ3n) is 11.6. The van der Waals surface area contributed by atoms with E-state index in [1.807, 2.05) is 39.8 Å². The van der Waals surface area contributed by atoms with Crippen LogP contribution in [-0.2, 0) is 28.5 Å². The minimum atomic E-state index is -0.730. The van der Waals surface area contributed by atoms with Crippen LogP contribution in [0.15, 0.2) is 48.1 Å². The second kappa shape index (κ2) is 24.5. The van der Waals surface area contributed by atoms with Gasteiger partial charge in [0.1, 0.15) is 6.10 Å². The summed E-state index contributed by atoms with van der Waals surface area (Å²) in [6.45, 7) is 14.3. The van der Waals surface area contributed by atoms with E-state index in [4.69, 9.17) is 23.7 Å². The van der Waals surface area contributed by atoms with Gasteiger partial charge < -0.3 is 39.0 Å². The number of carbonyl (C=O) groups excluding carboxylic acids is 1. The molecule has 2 aliphatic rings. The Morgan fingerprint density at radius 3 is 2.31 bits per heavy atom. The van der Waals surface area contributed by atoms with Crippen LogP contribution in [0.1, 0.15) is 113 Å². The van der Waals surface area contributed by atoms with Gasteiger partial charge >= 0.3 is 5.97 Å². The van der Waals surface area contributed by atoms with Crippen LogP contribution in [-0.4, -0.2) is 97.6 Å². The molecule has 1 fully saturated rings. The van der Waals surface area contributed by atoms with Gasteiger partial charge in [0, 0.05) is 45.7 Å². The number of methoxy groups -OCH3 is 3.